The third kappa shape index (κ3) is 2.31. The van der Waals surface area contributed by atoms with Gasteiger partial charge < -0.3 is 10.2 Å². The molecule has 0 saturated carbocycles. The first kappa shape index (κ1) is 15.2. The highest BCUT2D eigenvalue weighted by Gasteiger charge is 2.32. The van der Waals surface area contributed by atoms with E-state index < -0.39 is 46.3 Å². The molecule has 0 amide bonds. The highest BCUT2D eigenvalue weighted by molar-refractivity contribution is 5.94. The minimum Gasteiger partial charge on any atom is -0.477 e. The fraction of sp³-hybridized carbons (Fsp3) is 0. The van der Waals surface area contributed by atoms with E-state index >= 15 is 0 Å². The Morgan fingerprint density at radius 1 is 0.706 bits per heavy atom. The fourth-order valence-corrected chi connectivity index (χ4v) is 1.01. The molecule has 0 saturated heterocycles. The van der Waals surface area contributed by atoms with E-state index in [-0.39, 0.29) is 12.4 Å². The van der Waals surface area contributed by atoms with Crippen LogP contribution in [-0.2, 0) is 0 Å². The van der Waals surface area contributed by atoms with Crippen molar-refractivity contribution in [2.24, 2.45) is 0 Å². The topological polar surface area (TPSA) is 74.6 Å². The van der Waals surface area contributed by atoms with Crippen LogP contribution in [0.4, 0.5) is 17.6 Å². The van der Waals surface area contributed by atoms with Gasteiger partial charge in [-0.15, -0.1) is 12.4 Å². The van der Waals surface area contributed by atoms with Crippen LogP contribution in [0.25, 0.3) is 0 Å². The molecule has 1 aromatic carbocycles. The second kappa shape index (κ2) is 5.00. The SMILES string of the molecule is Cl.O=C(O)c1c(F)c(F)c(F)c(C(=O)O)c1F. The molecule has 0 aliphatic carbocycles. The van der Waals surface area contributed by atoms with E-state index in [1.165, 1.54) is 0 Å². The van der Waals surface area contributed by atoms with Gasteiger partial charge in [0.25, 0.3) is 0 Å². The van der Waals surface area contributed by atoms with Crippen LogP contribution in [0, 0.1) is 23.3 Å². The van der Waals surface area contributed by atoms with Crippen molar-refractivity contribution in [1.29, 1.82) is 0 Å². The molecule has 0 aromatic heterocycles. The highest BCUT2D eigenvalue weighted by atomic mass is 35.5. The van der Waals surface area contributed by atoms with E-state index in [0.717, 1.165) is 0 Å². The van der Waals surface area contributed by atoms with Gasteiger partial charge in [-0.25, -0.2) is 27.2 Å². The molecule has 9 heteroatoms. The summed E-state index contributed by atoms with van der Waals surface area (Å²) in [6.45, 7) is 0. The quantitative estimate of drug-likeness (QED) is 0.492. The van der Waals surface area contributed by atoms with Gasteiger partial charge in [-0.2, -0.15) is 0 Å². The Bertz CT molecular complexity index is 462. The fourth-order valence-electron chi connectivity index (χ4n) is 1.01. The molecule has 1 rings (SSSR count). The summed E-state index contributed by atoms with van der Waals surface area (Å²) in [4.78, 5) is 20.6. The van der Waals surface area contributed by atoms with Gasteiger partial charge in [0.15, 0.2) is 23.3 Å². The smallest absolute Gasteiger partial charge is 0.341 e. The number of carboxylic acid groups (broad SMARTS) is 2. The molecule has 0 fully saturated rings. The van der Waals surface area contributed by atoms with Gasteiger partial charge in [0, 0.05) is 0 Å². The van der Waals surface area contributed by atoms with E-state index in [1.807, 2.05) is 0 Å². The molecular weight excluding hydrogens is 272 g/mol. The van der Waals surface area contributed by atoms with Crippen molar-refractivity contribution in [2.75, 3.05) is 0 Å². The summed E-state index contributed by atoms with van der Waals surface area (Å²) in [7, 11) is 0. The second-order valence-corrected chi connectivity index (χ2v) is 2.62. The zero-order valence-corrected chi connectivity index (χ0v) is 8.45. The van der Waals surface area contributed by atoms with Crippen LogP contribution in [0.2, 0.25) is 0 Å². The van der Waals surface area contributed by atoms with Crippen LogP contribution in [0.3, 0.4) is 0 Å². The lowest BCUT2D eigenvalue weighted by atomic mass is 10.1. The van der Waals surface area contributed by atoms with E-state index in [9.17, 15) is 27.2 Å². The first-order valence-electron chi connectivity index (χ1n) is 3.61. The Morgan fingerprint density at radius 2 is 1.00 bits per heavy atom. The summed E-state index contributed by atoms with van der Waals surface area (Å²) in [5.74, 6) is -13.6. The highest BCUT2D eigenvalue weighted by Crippen LogP contribution is 2.24. The number of carboxylic acids is 2. The van der Waals surface area contributed by atoms with Crippen molar-refractivity contribution in [1.82, 2.24) is 0 Å². The van der Waals surface area contributed by atoms with Crippen LogP contribution in [-0.4, -0.2) is 22.2 Å². The zero-order valence-electron chi connectivity index (χ0n) is 7.63. The Morgan fingerprint density at radius 3 is 1.24 bits per heavy atom. The molecule has 0 spiro atoms. The summed E-state index contributed by atoms with van der Waals surface area (Å²) >= 11 is 0. The van der Waals surface area contributed by atoms with Crippen molar-refractivity contribution >= 4 is 24.3 Å². The lowest BCUT2D eigenvalue weighted by molar-refractivity contribution is 0.0677. The zero-order chi connectivity index (χ0) is 12.6. The van der Waals surface area contributed by atoms with E-state index in [4.69, 9.17) is 10.2 Å². The van der Waals surface area contributed by atoms with Crippen molar-refractivity contribution in [3.05, 3.63) is 34.4 Å². The Labute approximate surface area is 96.9 Å². The first-order valence-corrected chi connectivity index (χ1v) is 3.61. The van der Waals surface area contributed by atoms with Gasteiger partial charge in [-0.05, 0) is 0 Å². The van der Waals surface area contributed by atoms with Gasteiger partial charge in [0.1, 0.15) is 11.1 Å². The van der Waals surface area contributed by atoms with Crippen molar-refractivity contribution in [3.63, 3.8) is 0 Å². The molecule has 0 aliphatic rings. The number of aromatic carboxylic acids is 2. The normalized spacial score (nSPS) is 9.65. The average molecular weight is 275 g/mol. The molecule has 0 heterocycles. The Kier molecular flexibility index (Phi) is 4.46. The van der Waals surface area contributed by atoms with Crippen LogP contribution < -0.4 is 0 Å². The van der Waals surface area contributed by atoms with E-state index in [0.29, 0.717) is 0 Å². The molecule has 4 nitrogen and oxygen atoms in total. The maximum atomic E-state index is 13.1. The number of rotatable bonds is 2. The van der Waals surface area contributed by atoms with E-state index in [2.05, 4.69) is 0 Å². The number of hydrogen-bond donors (Lipinski definition) is 2. The third-order valence-corrected chi connectivity index (χ3v) is 1.69. The summed E-state index contributed by atoms with van der Waals surface area (Å²) in [5.41, 5.74) is -3.70. The van der Waals surface area contributed by atoms with E-state index in [1.54, 1.807) is 0 Å². The maximum Gasteiger partial charge on any atom is 0.341 e. The maximum absolute atomic E-state index is 13.1. The lowest BCUT2D eigenvalue weighted by Gasteiger charge is -2.06. The second-order valence-electron chi connectivity index (χ2n) is 2.62. The summed E-state index contributed by atoms with van der Waals surface area (Å²) in [5, 5.41) is 16.6. The predicted octanol–water partition coefficient (Wildman–Crippen LogP) is 2.06. The molecule has 0 radical (unpaired) electrons. The first-order chi connectivity index (χ1) is 7.29. The minimum atomic E-state index is -2.35. The lowest BCUT2D eigenvalue weighted by Crippen LogP contribution is -2.16. The molecule has 1 aromatic rings. The van der Waals surface area contributed by atoms with Crippen molar-refractivity contribution < 1.29 is 37.4 Å². The molecule has 0 aliphatic heterocycles. The summed E-state index contributed by atoms with van der Waals surface area (Å²) < 4.78 is 51.4. The third-order valence-electron chi connectivity index (χ3n) is 1.69. The Balaban J connectivity index is 0.00000256. The van der Waals surface area contributed by atoms with Crippen molar-refractivity contribution in [3.8, 4) is 0 Å². The number of benzene rings is 1. The van der Waals surface area contributed by atoms with Gasteiger partial charge >= 0.3 is 11.9 Å². The predicted molar refractivity (Wildman–Crippen MR) is 47.4 cm³/mol. The summed E-state index contributed by atoms with van der Waals surface area (Å²) in [6.07, 6.45) is 0. The molecule has 0 bridgehead atoms. The molecule has 2 N–H and O–H groups in total. The van der Waals surface area contributed by atoms with Gasteiger partial charge in [-0.1, -0.05) is 0 Å². The average Bonchev–Trinajstić information content (AvgIpc) is 2.13. The van der Waals surface area contributed by atoms with Gasteiger partial charge in [0.2, 0.25) is 0 Å². The van der Waals surface area contributed by atoms with Crippen LogP contribution >= 0.6 is 12.4 Å². The molecule has 17 heavy (non-hydrogen) atoms. The largest absolute Gasteiger partial charge is 0.477 e. The van der Waals surface area contributed by atoms with Crippen LogP contribution in [0.15, 0.2) is 0 Å². The van der Waals surface area contributed by atoms with Crippen LogP contribution in [0.5, 0.6) is 0 Å². The summed E-state index contributed by atoms with van der Waals surface area (Å²) in [6, 6.07) is 0. The van der Waals surface area contributed by atoms with Crippen molar-refractivity contribution in [2.45, 2.75) is 0 Å². The van der Waals surface area contributed by atoms with Gasteiger partial charge in [0.05, 0.1) is 0 Å². The number of carbonyl (C=O) groups is 2. The van der Waals surface area contributed by atoms with Crippen LogP contribution in [0.1, 0.15) is 20.7 Å². The minimum absolute atomic E-state index is 0. The molecular formula is C8H3ClF4O4. The molecule has 94 valence electrons. The van der Waals surface area contributed by atoms with Gasteiger partial charge in [-0.3, -0.25) is 0 Å². The molecule has 0 unspecified atom stereocenters. The monoisotopic (exact) mass is 274 g/mol. The number of hydrogen-bond acceptors (Lipinski definition) is 2. The number of halogens is 5. The molecule has 0 atom stereocenters. The Hall–Kier alpha value is -1.83. The standard InChI is InChI=1S/C8H2F4O4.ClH/c9-3-1(7(13)14)4(10)6(12)5(11)2(3)8(15)16;/h(H,13,14)(H,15,16);1H.